The normalized spacial score (nSPS) is 19.6. The highest BCUT2D eigenvalue weighted by Crippen LogP contribution is 2.44. The van der Waals surface area contributed by atoms with Gasteiger partial charge in [0, 0.05) is 58.8 Å². The summed E-state index contributed by atoms with van der Waals surface area (Å²) in [5.41, 5.74) is -2.87. The maximum atomic E-state index is 16.2. The van der Waals surface area contributed by atoms with Crippen molar-refractivity contribution >= 4 is 28.8 Å². The monoisotopic (exact) mass is 806 g/mol. The molecule has 1 aliphatic carbocycles. The molecule has 0 amide bonds. The first-order valence-corrected chi connectivity index (χ1v) is 18.8. The summed E-state index contributed by atoms with van der Waals surface area (Å²) in [4.78, 5) is 2.33. The summed E-state index contributed by atoms with van der Waals surface area (Å²) in [5, 5.41) is 29.9. The quantitative estimate of drug-likeness (QED) is 0.142. The molecule has 3 aliphatic heterocycles. The highest BCUT2D eigenvalue weighted by Gasteiger charge is 2.42. The van der Waals surface area contributed by atoms with E-state index in [1.807, 2.05) is 32.1 Å². The second-order valence-electron chi connectivity index (χ2n) is 15.4. The number of nitriles is 2. The zero-order valence-corrected chi connectivity index (χ0v) is 31.6. The molecule has 16 heteroatoms. The molecule has 2 saturated heterocycles. The van der Waals surface area contributed by atoms with Crippen molar-refractivity contribution < 1.29 is 35.1 Å². The van der Waals surface area contributed by atoms with Gasteiger partial charge in [0.1, 0.15) is 29.1 Å². The third kappa shape index (κ3) is 7.54. The molecule has 3 aromatic carbocycles. The number of hydrogen-bond acceptors (Lipinski definition) is 8. The van der Waals surface area contributed by atoms with Gasteiger partial charge in [-0.25, -0.2) is 35.1 Å². The average molecular weight is 807 g/mol. The first kappa shape index (κ1) is 40.5. The van der Waals surface area contributed by atoms with Gasteiger partial charge < -0.3 is 20.4 Å². The van der Waals surface area contributed by atoms with Gasteiger partial charge >= 0.3 is 0 Å². The molecule has 58 heavy (non-hydrogen) atoms. The van der Waals surface area contributed by atoms with E-state index < -0.39 is 87.2 Å². The van der Waals surface area contributed by atoms with Crippen LogP contribution in [0.15, 0.2) is 58.2 Å². The largest absolute Gasteiger partial charge is 0.364 e. The van der Waals surface area contributed by atoms with Gasteiger partial charge in [-0.1, -0.05) is 44.2 Å². The van der Waals surface area contributed by atoms with E-state index in [0.29, 0.717) is 50.2 Å². The third-order valence-corrected chi connectivity index (χ3v) is 10.8. The number of piperazine rings is 2. The van der Waals surface area contributed by atoms with Crippen molar-refractivity contribution in [3.63, 3.8) is 0 Å². The van der Waals surface area contributed by atoms with E-state index in [4.69, 9.17) is 0 Å². The highest BCUT2D eigenvalue weighted by atomic mass is 19.2. The van der Waals surface area contributed by atoms with Crippen molar-refractivity contribution in [3.8, 4) is 12.1 Å². The summed E-state index contributed by atoms with van der Waals surface area (Å²) in [6.45, 7) is 5.48. The van der Waals surface area contributed by atoms with Gasteiger partial charge in [-0.15, -0.1) is 0 Å². The summed E-state index contributed by atoms with van der Waals surface area (Å²) in [7, 11) is 0. The molecular weight excluding hydrogens is 769 g/mol. The van der Waals surface area contributed by atoms with E-state index in [-0.39, 0.29) is 42.9 Å². The molecule has 7 rings (SSSR count). The number of anilines is 3. The summed E-state index contributed by atoms with van der Waals surface area (Å²) >= 11 is 0. The van der Waals surface area contributed by atoms with Crippen molar-refractivity contribution in [2.45, 2.75) is 39.2 Å². The lowest BCUT2D eigenvalue weighted by molar-refractivity contribution is 0.354. The second kappa shape index (κ2) is 16.3. The van der Waals surface area contributed by atoms with E-state index in [1.165, 1.54) is 17.0 Å². The molecule has 8 nitrogen and oxygen atoms in total. The Balaban J connectivity index is 1.30. The number of hydrazone groups is 1. The van der Waals surface area contributed by atoms with Crippen LogP contribution in [0, 0.1) is 74.6 Å². The fourth-order valence-corrected chi connectivity index (χ4v) is 8.09. The van der Waals surface area contributed by atoms with E-state index in [2.05, 4.69) is 15.7 Å². The van der Waals surface area contributed by atoms with Crippen molar-refractivity contribution in [2.75, 3.05) is 67.2 Å². The van der Waals surface area contributed by atoms with Crippen LogP contribution in [0.3, 0.4) is 0 Å². The van der Waals surface area contributed by atoms with Gasteiger partial charge in [0.15, 0.2) is 46.5 Å². The molecule has 0 saturated carbocycles. The molecule has 0 radical (unpaired) electrons. The maximum absolute atomic E-state index is 16.2. The molecule has 4 aliphatic rings. The van der Waals surface area contributed by atoms with Crippen LogP contribution in [0.2, 0.25) is 0 Å². The Morgan fingerprint density at radius 1 is 0.707 bits per heavy atom. The fourth-order valence-electron chi connectivity index (χ4n) is 8.09. The average Bonchev–Trinajstić information content (AvgIpc) is 3.64. The number of halogens is 8. The van der Waals surface area contributed by atoms with E-state index in [1.54, 1.807) is 24.3 Å². The number of nitrogens with zero attached hydrogens (tertiary/aromatic N) is 6. The van der Waals surface area contributed by atoms with E-state index >= 15 is 35.1 Å². The van der Waals surface area contributed by atoms with Crippen LogP contribution in [0.25, 0.3) is 6.08 Å². The molecule has 1 unspecified atom stereocenters. The minimum Gasteiger partial charge on any atom is -0.364 e. The Bertz CT molecular complexity index is 2270. The lowest BCUT2D eigenvalue weighted by Crippen LogP contribution is -2.44. The molecule has 302 valence electrons. The predicted octanol–water partition coefficient (Wildman–Crippen LogP) is 8.08. The highest BCUT2D eigenvalue weighted by molar-refractivity contribution is 6.04. The van der Waals surface area contributed by atoms with Crippen LogP contribution in [-0.2, 0) is 0 Å². The third-order valence-electron chi connectivity index (χ3n) is 10.8. The Labute approximate surface area is 330 Å². The van der Waals surface area contributed by atoms with Gasteiger partial charge in [0.2, 0.25) is 0 Å². The summed E-state index contributed by atoms with van der Waals surface area (Å²) in [6, 6.07) is 8.18. The predicted molar refractivity (Wildman–Crippen MR) is 204 cm³/mol. The molecular formula is C42H38F8N8. The molecule has 3 aromatic rings. The first-order chi connectivity index (χ1) is 27.7. The van der Waals surface area contributed by atoms with Gasteiger partial charge in [-0.05, 0) is 47.1 Å². The lowest BCUT2D eigenvalue weighted by atomic mass is 9.74. The molecule has 0 aromatic heterocycles. The smallest absolute Gasteiger partial charge is 0.186 e. The van der Waals surface area contributed by atoms with Crippen molar-refractivity contribution in [1.29, 1.82) is 10.5 Å². The molecule has 3 heterocycles. The topological polar surface area (TPSA) is 93.7 Å². The standard InChI is InChI=1S/C42H38F8N8/c1-42(2)19-24(17-25(20-42)26(21-51)22-52)4-3-23-5-7-27(8-6-23)58-29(31-34(45)38(49)41(39(50)35(31)46)57-15-11-54-12-16-57)18-28(55-58)30-32(43)36(47)40(37(48)33(30)44)56-13-9-53-10-14-56/h3-8,17,29,53-54H,9-16,18-20H2,1-2H3/b4-3+. The number of rotatable bonds is 7. The zero-order valence-electron chi connectivity index (χ0n) is 31.6. The fraction of sp³-hybridized carbons (Fsp3) is 0.357. The molecule has 1 atom stereocenters. The number of allylic oxidation sites excluding steroid dienone is 5. The minimum atomic E-state index is -1.78. The van der Waals surface area contributed by atoms with Gasteiger partial charge in [-0.3, -0.25) is 5.01 Å². The minimum absolute atomic E-state index is 0.0231. The van der Waals surface area contributed by atoms with Gasteiger partial charge in [0.25, 0.3) is 0 Å². The number of hydrogen-bond donors (Lipinski definition) is 2. The lowest BCUT2D eigenvalue weighted by Gasteiger charge is -2.31. The molecule has 0 bridgehead atoms. The first-order valence-electron chi connectivity index (χ1n) is 18.8. The molecule has 0 spiro atoms. The van der Waals surface area contributed by atoms with Crippen molar-refractivity contribution in [2.24, 2.45) is 10.5 Å². The van der Waals surface area contributed by atoms with Crippen LogP contribution < -0.4 is 25.4 Å². The van der Waals surface area contributed by atoms with Crippen LogP contribution >= 0.6 is 0 Å². The zero-order chi connectivity index (χ0) is 41.5. The maximum Gasteiger partial charge on any atom is 0.186 e. The van der Waals surface area contributed by atoms with Crippen LogP contribution in [0.1, 0.15) is 55.8 Å². The number of benzene rings is 3. The van der Waals surface area contributed by atoms with E-state index in [9.17, 15) is 10.5 Å². The van der Waals surface area contributed by atoms with Crippen molar-refractivity contribution in [1.82, 2.24) is 10.6 Å². The Kier molecular flexibility index (Phi) is 11.4. The summed E-state index contributed by atoms with van der Waals surface area (Å²) < 4.78 is 127. The Hall–Kier alpha value is -5.71. The Morgan fingerprint density at radius 2 is 1.21 bits per heavy atom. The van der Waals surface area contributed by atoms with Crippen molar-refractivity contribution in [3.05, 3.63) is 116 Å². The SMILES string of the molecule is CC1(C)CC(/C=C/c2ccc(N3N=C(c4c(F)c(F)c(N5CCNCC5)c(F)c4F)CC3c3c(F)c(F)c(N4CCNCC4)c(F)c3F)cc2)=CC(=C(C#N)C#N)C1. The summed E-state index contributed by atoms with van der Waals surface area (Å²) in [5.74, 6) is -13.8. The molecule has 2 N–H and O–H groups in total. The Morgan fingerprint density at radius 3 is 1.71 bits per heavy atom. The summed E-state index contributed by atoms with van der Waals surface area (Å²) in [6.07, 6.45) is 5.73. The van der Waals surface area contributed by atoms with Crippen LogP contribution in [-0.4, -0.2) is 58.1 Å². The van der Waals surface area contributed by atoms with Gasteiger partial charge in [0.05, 0.1) is 28.6 Å². The van der Waals surface area contributed by atoms with Gasteiger partial charge in [-0.2, -0.15) is 15.6 Å². The molecule has 2 fully saturated rings. The van der Waals surface area contributed by atoms with Crippen LogP contribution in [0.4, 0.5) is 52.2 Å². The number of nitrogens with one attached hydrogen (secondary N) is 2. The van der Waals surface area contributed by atoms with Crippen LogP contribution in [0.5, 0.6) is 0 Å². The van der Waals surface area contributed by atoms with E-state index in [0.717, 1.165) is 15.5 Å². The second-order valence-corrected chi connectivity index (χ2v) is 15.4.